The minimum absolute atomic E-state index is 0.0462. The molecule has 2 aromatic rings. The molecule has 11 heteroatoms. The molecule has 0 spiro atoms. The van der Waals surface area contributed by atoms with Gasteiger partial charge in [0, 0.05) is 12.8 Å². The number of benzene rings is 2. The van der Waals surface area contributed by atoms with Crippen molar-refractivity contribution in [3.63, 3.8) is 0 Å². The van der Waals surface area contributed by atoms with Gasteiger partial charge in [0.25, 0.3) is 0 Å². The smallest absolute Gasteiger partial charge is 0.323 e. The summed E-state index contributed by atoms with van der Waals surface area (Å²) in [5.41, 5.74) is 0. The molecule has 2 rings (SSSR count). The highest BCUT2D eigenvalue weighted by molar-refractivity contribution is 7.89. The fourth-order valence-corrected chi connectivity index (χ4v) is 4.34. The Morgan fingerprint density at radius 1 is 0.941 bits per heavy atom. The van der Waals surface area contributed by atoms with Crippen LogP contribution in [0.25, 0.3) is 10.8 Å². The Balaban J connectivity index is 2.09. The van der Waals surface area contributed by atoms with Crippen molar-refractivity contribution in [2.45, 2.75) is 43.5 Å². The molecule has 0 fully saturated rings. The molecule has 1 N–H and O–H groups in total. The average molecular weight is 496 g/mol. The first-order chi connectivity index (χ1) is 16.2. The Bertz CT molecular complexity index is 1110. The van der Waals surface area contributed by atoms with Gasteiger partial charge in [-0.15, -0.1) is 0 Å². The summed E-state index contributed by atoms with van der Waals surface area (Å²) in [4.78, 5) is 34.7. The van der Waals surface area contributed by atoms with E-state index in [0.717, 1.165) is 12.5 Å². The summed E-state index contributed by atoms with van der Waals surface area (Å²) in [6, 6.07) is 8.43. The number of rotatable bonds is 13. The number of hydrogen-bond acceptors (Lipinski definition) is 9. The second kappa shape index (κ2) is 12.9. The second-order valence-electron chi connectivity index (χ2n) is 7.24. The number of ether oxygens (including phenoxy) is 4. The lowest BCUT2D eigenvalue weighted by Crippen LogP contribution is -2.41. The van der Waals surface area contributed by atoms with Crippen LogP contribution in [0.15, 0.2) is 41.3 Å². The van der Waals surface area contributed by atoms with Crippen LogP contribution >= 0.6 is 0 Å². The molecule has 0 aliphatic heterocycles. The lowest BCUT2D eigenvalue weighted by atomic mass is 10.1. The third kappa shape index (κ3) is 7.99. The molecule has 0 heterocycles. The molecule has 0 saturated heterocycles. The van der Waals surface area contributed by atoms with Crippen molar-refractivity contribution >= 4 is 38.7 Å². The number of carbonyl (C=O) groups is 3. The summed E-state index contributed by atoms with van der Waals surface area (Å²) in [5, 5.41) is 1.39. The molecule has 0 amide bonds. The van der Waals surface area contributed by atoms with Gasteiger partial charge in [-0.2, -0.15) is 4.72 Å². The number of sulfonamides is 1. The van der Waals surface area contributed by atoms with E-state index in [4.69, 9.17) is 9.47 Å². The van der Waals surface area contributed by atoms with Crippen LogP contribution in [-0.4, -0.2) is 59.8 Å². The molecule has 0 radical (unpaired) electrons. The molecule has 0 aromatic heterocycles. The van der Waals surface area contributed by atoms with E-state index in [1.807, 2.05) is 0 Å². The van der Waals surface area contributed by atoms with Gasteiger partial charge in [0.15, 0.2) is 0 Å². The highest BCUT2D eigenvalue weighted by Gasteiger charge is 2.27. The quantitative estimate of drug-likeness (QED) is 0.252. The Hall–Kier alpha value is -3.18. The monoisotopic (exact) mass is 495 g/mol. The zero-order valence-electron chi connectivity index (χ0n) is 19.4. The largest absolute Gasteiger partial charge is 0.494 e. The molecule has 0 bridgehead atoms. The highest BCUT2D eigenvalue weighted by Crippen LogP contribution is 2.24. The van der Waals surface area contributed by atoms with E-state index in [1.54, 1.807) is 31.2 Å². The number of methoxy groups -OCH3 is 2. The van der Waals surface area contributed by atoms with Crippen LogP contribution in [0.5, 0.6) is 5.75 Å². The van der Waals surface area contributed by atoms with Crippen LogP contribution in [0.1, 0.15) is 32.6 Å². The Kier molecular flexibility index (Phi) is 10.3. The fourth-order valence-electron chi connectivity index (χ4n) is 3.09. The van der Waals surface area contributed by atoms with Crippen molar-refractivity contribution in [2.75, 3.05) is 27.4 Å². The second-order valence-corrected chi connectivity index (χ2v) is 8.95. The highest BCUT2D eigenvalue weighted by atomic mass is 32.2. The third-order valence-electron chi connectivity index (χ3n) is 4.84. The van der Waals surface area contributed by atoms with Crippen molar-refractivity contribution < 1.29 is 41.7 Å². The molecule has 1 atom stereocenters. The maximum Gasteiger partial charge on any atom is 0.323 e. The van der Waals surface area contributed by atoms with Crippen molar-refractivity contribution in [3.05, 3.63) is 36.4 Å². The number of carbonyl (C=O) groups excluding carboxylic acids is 3. The van der Waals surface area contributed by atoms with Gasteiger partial charge in [-0.1, -0.05) is 12.1 Å². The summed E-state index contributed by atoms with van der Waals surface area (Å²) in [6.07, 6.45) is 0.515. The predicted octanol–water partition coefficient (Wildman–Crippen LogP) is 2.33. The molecule has 0 saturated carbocycles. The standard InChI is InChI=1S/C23H29NO9S/c1-4-32-22(26)6-5-13-33-18-9-7-17-15-19(10-8-16(17)14-18)34(28,29)24-20(23(27)31-3)11-12-21(25)30-2/h7-10,14-15,20,24H,4-6,11-13H2,1-3H3/t20-/m1/s1. The van der Waals surface area contributed by atoms with E-state index in [1.165, 1.54) is 19.2 Å². The van der Waals surface area contributed by atoms with Crippen molar-refractivity contribution in [3.8, 4) is 5.75 Å². The summed E-state index contributed by atoms with van der Waals surface area (Å²) >= 11 is 0. The Labute approximate surface area is 198 Å². The van der Waals surface area contributed by atoms with E-state index < -0.39 is 28.0 Å². The molecule has 2 aromatic carbocycles. The minimum Gasteiger partial charge on any atom is -0.494 e. The maximum atomic E-state index is 12.9. The zero-order chi connectivity index (χ0) is 25.1. The van der Waals surface area contributed by atoms with Gasteiger partial charge in [0.1, 0.15) is 11.8 Å². The van der Waals surface area contributed by atoms with Crippen LogP contribution in [-0.2, 0) is 38.6 Å². The first-order valence-corrected chi connectivity index (χ1v) is 12.2. The van der Waals surface area contributed by atoms with Crippen LogP contribution in [0.2, 0.25) is 0 Å². The van der Waals surface area contributed by atoms with Crippen LogP contribution in [0.4, 0.5) is 0 Å². The maximum absolute atomic E-state index is 12.9. The SMILES string of the molecule is CCOC(=O)CCCOc1ccc2cc(S(=O)(=O)N[C@H](CCC(=O)OC)C(=O)OC)ccc2c1. The first kappa shape index (κ1) is 27.1. The Morgan fingerprint density at radius 3 is 2.32 bits per heavy atom. The fraction of sp³-hybridized carbons (Fsp3) is 0.435. The van der Waals surface area contributed by atoms with Gasteiger partial charge in [0.05, 0.1) is 32.3 Å². The lowest BCUT2D eigenvalue weighted by Gasteiger charge is -2.16. The molecule has 186 valence electrons. The van der Waals surface area contributed by atoms with Crippen LogP contribution < -0.4 is 9.46 Å². The van der Waals surface area contributed by atoms with Crippen LogP contribution in [0.3, 0.4) is 0 Å². The molecule has 10 nitrogen and oxygen atoms in total. The lowest BCUT2D eigenvalue weighted by molar-refractivity contribution is -0.145. The number of fused-ring (bicyclic) bond motifs is 1. The molecule has 0 unspecified atom stereocenters. The molecule has 0 aliphatic rings. The summed E-state index contributed by atoms with van der Waals surface area (Å²) in [7, 11) is -1.74. The van der Waals surface area contributed by atoms with E-state index in [-0.39, 0.29) is 30.1 Å². The van der Waals surface area contributed by atoms with Crippen molar-refractivity contribution in [1.29, 1.82) is 0 Å². The number of nitrogens with one attached hydrogen (secondary N) is 1. The molecule has 0 aliphatic carbocycles. The van der Waals surface area contributed by atoms with Gasteiger partial charge in [-0.05, 0) is 54.8 Å². The molecule has 34 heavy (non-hydrogen) atoms. The zero-order valence-corrected chi connectivity index (χ0v) is 20.2. The molecular formula is C23H29NO9S. The third-order valence-corrected chi connectivity index (χ3v) is 6.31. The Morgan fingerprint density at radius 2 is 1.65 bits per heavy atom. The summed E-state index contributed by atoms with van der Waals surface area (Å²) in [6.45, 7) is 2.43. The number of esters is 3. The predicted molar refractivity (Wildman–Crippen MR) is 123 cm³/mol. The van der Waals surface area contributed by atoms with Crippen molar-refractivity contribution in [2.24, 2.45) is 0 Å². The minimum atomic E-state index is -4.08. The van der Waals surface area contributed by atoms with E-state index in [9.17, 15) is 22.8 Å². The summed E-state index contributed by atoms with van der Waals surface area (Å²) in [5.74, 6) is -1.07. The first-order valence-electron chi connectivity index (χ1n) is 10.7. The van der Waals surface area contributed by atoms with E-state index in [0.29, 0.717) is 30.8 Å². The molecular weight excluding hydrogens is 466 g/mol. The normalized spacial score (nSPS) is 12.1. The van der Waals surface area contributed by atoms with Gasteiger partial charge in [-0.25, -0.2) is 8.42 Å². The van der Waals surface area contributed by atoms with Gasteiger partial charge in [0.2, 0.25) is 10.0 Å². The van der Waals surface area contributed by atoms with Crippen LogP contribution in [0, 0.1) is 0 Å². The topological polar surface area (TPSA) is 134 Å². The van der Waals surface area contributed by atoms with Crippen molar-refractivity contribution in [1.82, 2.24) is 4.72 Å². The number of hydrogen-bond donors (Lipinski definition) is 1. The average Bonchev–Trinajstić information content (AvgIpc) is 2.83. The van der Waals surface area contributed by atoms with Gasteiger partial charge >= 0.3 is 17.9 Å². The van der Waals surface area contributed by atoms with Gasteiger partial charge in [-0.3, -0.25) is 14.4 Å². The summed E-state index contributed by atoms with van der Waals surface area (Å²) < 4.78 is 47.7. The van der Waals surface area contributed by atoms with E-state index >= 15 is 0 Å². The van der Waals surface area contributed by atoms with E-state index in [2.05, 4.69) is 14.2 Å². The van der Waals surface area contributed by atoms with Gasteiger partial charge < -0.3 is 18.9 Å².